The minimum absolute atomic E-state index is 0.0104. The number of rotatable bonds is 8. The van der Waals surface area contributed by atoms with Crippen molar-refractivity contribution in [2.45, 2.75) is 61.0 Å². The number of carbonyl (C=O) groups is 2. The van der Waals surface area contributed by atoms with Crippen molar-refractivity contribution in [1.82, 2.24) is 19.6 Å². The lowest BCUT2D eigenvalue weighted by Gasteiger charge is -2.31. The summed E-state index contributed by atoms with van der Waals surface area (Å²) in [7, 11) is 0. The zero-order valence-electron chi connectivity index (χ0n) is 15.7. The summed E-state index contributed by atoms with van der Waals surface area (Å²) in [6.07, 6.45) is -0.670. The van der Waals surface area contributed by atoms with Crippen LogP contribution in [-0.2, 0) is 0 Å². The second kappa shape index (κ2) is 8.96. The number of fused-ring (bicyclic) bond motifs is 1. The minimum Gasteiger partial charge on any atom is -0.299 e. The van der Waals surface area contributed by atoms with Crippen molar-refractivity contribution in [2.24, 2.45) is 0 Å². The van der Waals surface area contributed by atoms with Crippen molar-refractivity contribution in [3.8, 4) is 0 Å². The summed E-state index contributed by atoms with van der Waals surface area (Å²) in [4.78, 5) is 33.4. The molecule has 0 N–H and O–H groups in total. The van der Waals surface area contributed by atoms with Crippen LogP contribution in [-0.4, -0.2) is 91.2 Å². The number of amides is 4. The van der Waals surface area contributed by atoms with E-state index in [-0.39, 0.29) is 45.4 Å². The van der Waals surface area contributed by atoms with E-state index in [1.807, 2.05) is 27.7 Å². The Morgan fingerprint density at radius 3 is 0.962 bits per heavy atom. The fraction of sp³-hybridized carbons (Fsp3) is 0.875. The van der Waals surface area contributed by atoms with Gasteiger partial charge in [-0.3, -0.25) is 19.6 Å². The maximum Gasteiger partial charge on any atom is 0.323 e. The molecule has 2 aliphatic heterocycles. The van der Waals surface area contributed by atoms with E-state index >= 15 is 0 Å². The molecule has 2 saturated heterocycles. The zero-order chi connectivity index (χ0) is 19.8. The first-order chi connectivity index (χ1) is 12.0. The predicted molar refractivity (Wildman–Crippen MR) is 119 cm³/mol. The van der Waals surface area contributed by atoms with E-state index in [0.717, 1.165) is 0 Å². The zero-order valence-corrected chi connectivity index (χ0v) is 19.3. The molecule has 4 atom stereocenters. The van der Waals surface area contributed by atoms with Gasteiger partial charge in [0.2, 0.25) is 0 Å². The van der Waals surface area contributed by atoms with E-state index in [1.165, 1.54) is 0 Å². The van der Waals surface area contributed by atoms with Gasteiger partial charge in [-0.2, -0.15) is 50.5 Å². The molecule has 0 aromatic carbocycles. The van der Waals surface area contributed by atoms with E-state index in [2.05, 4.69) is 50.5 Å². The number of nitrogens with zero attached hydrogens (tertiary/aromatic N) is 4. The largest absolute Gasteiger partial charge is 0.323 e. The summed E-state index contributed by atoms with van der Waals surface area (Å²) < 4.78 is 0. The number of hydrogen-bond acceptors (Lipinski definition) is 6. The SMILES string of the molecule is CC(S)CN1C(=O)N(CC(C)S)C2C1N(CC(C)S)C(=O)N2CC(C)S. The smallest absolute Gasteiger partial charge is 0.299 e. The van der Waals surface area contributed by atoms with Crippen LogP contribution in [0.3, 0.4) is 0 Å². The molecule has 4 amide bonds. The lowest BCUT2D eigenvalue weighted by molar-refractivity contribution is 0.127. The van der Waals surface area contributed by atoms with E-state index in [0.29, 0.717) is 26.2 Å². The van der Waals surface area contributed by atoms with E-state index in [9.17, 15) is 9.59 Å². The third kappa shape index (κ3) is 4.67. The molecule has 0 radical (unpaired) electrons. The Labute approximate surface area is 178 Å². The quantitative estimate of drug-likeness (QED) is 0.440. The molecule has 0 saturated carbocycles. The fourth-order valence-electron chi connectivity index (χ4n) is 3.65. The topological polar surface area (TPSA) is 47.1 Å². The molecule has 150 valence electrons. The van der Waals surface area contributed by atoms with Crippen LogP contribution in [0.5, 0.6) is 0 Å². The van der Waals surface area contributed by atoms with Crippen molar-refractivity contribution in [1.29, 1.82) is 0 Å². The molecule has 4 unspecified atom stereocenters. The van der Waals surface area contributed by atoms with Gasteiger partial charge in [-0.25, -0.2) is 9.59 Å². The average Bonchev–Trinajstić information content (AvgIpc) is 2.87. The summed E-state index contributed by atoms with van der Waals surface area (Å²) in [6.45, 7) is 9.73. The standard InChI is InChI=1S/C16H30N4O2S4/c1-9(23)5-17-13-14(19(15(17)21)7-11(3)25)20(8-12(4)26)16(22)18(13)6-10(2)24/h9-14,23-26H,5-8H2,1-4H3. The van der Waals surface area contributed by atoms with Gasteiger partial charge in [0.05, 0.1) is 0 Å². The molecule has 2 aliphatic rings. The Hall–Kier alpha value is -0.0600. The van der Waals surface area contributed by atoms with E-state index in [1.54, 1.807) is 19.6 Å². The lowest BCUT2D eigenvalue weighted by Crippen LogP contribution is -2.50. The van der Waals surface area contributed by atoms with Crippen LogP contribution in [0.2, 0.25) is 0 Å². The molecule has 0 aromatic heterocycles. The average molecular weight is 439 g/mol. The molecular formula is C16H30N4O2S4. The first-order valence-corrected chi connectivity index (χ1v) is 11.0. The number of hydrogen-bond donors (Lipinski definition) is 4. The molecule has 26 heavy (non-hydrogen) atoms. The lowest BCUT2D eigenvalue weighted by atomic mass is 10.3. The van der Waals surface area contributed by atoms with Gasteiger partial charge < -0.3 is 0 Å². The van der Waals surface area contributed by atoms with Crippen molar-refractivity contribution in [3.05, 3.63) is 0 Å². The fourth-order valence-corrected chi connectivity index (χ4v) is 4.35. The highest BCUT2D eigenvalue weighted by molar-refractivity contribution is 7.81. The summed E-state index contributed by atoms with van der Waals surface area (Å²) >= 11 is 17.9. The Morgan fingerprint density at radius 1 is 0.615 bits per heavy atom. The molecule has 0 bridgehead atoms. The van der Waals surface area contributed by atoms with Gasteiger partial charge >= 0.3 is 12.1 Å². The van der Waals surface area contributed by atoms with Crippen LogP contribution < -0.4 is 0 Å². The second-order valence-electron chi connectivity index (χ2n) is 7.40. The van der Waals surface area contributed by atoms with Crippen LogP contribution in [0.15, 0.2) is 0 Å². The van der Waals surface area contributed by atoms with Crippen LogP contribution in [0, 0.1) is 0 Å². The minimum atomic E-state index is -0.335. The van der Waals surface area contributed by atoms with Crippen molar-refractivity contribution in [3.63, 3.8) is 0 Å². The van der Waals surface area contributed by atoms with Gasteiger partial charge in [0, 0.05) is 47.2 Å². The van der Waals surface area contributed by atoms with Crippen molar-refractivity contribution >= 4 is 62.6 Å². The Balaban J connectivity index is 2.44. The maximum atomic E-state index is 13.1. The monoisotopic (exact) mass is 438 g/mol. The molecule has 0 spiro atoms. The van der Waals surface area contributed by atoms with E-state index < -0.39 is 0 Å². The molecule has 2 heterocycles. The highest BCUT2D eigenvalue weighted by Crippen LogP contribution is 2.36. The molecule has 2 fully saturated rings. The normalized spacial score (nSPS) is 27.8. The van der Waals surface area contributed by atoms with Crippen LogP contribution in [0.1, 0.15) is 27.7 Å². The van der Waals surface area contributed by atoms with Crippen LogP contribution in [0.25, 0.3) is 0 Å². The third-order valence-electron chi connectivity index (χ3n) is 4.37. The maximum absolute atomic E-state index is 13.1. The molecular weight excluding hydrogens is 408 g/mol. The predicted octanol–water partition coefficient (Wildman–Crippen LogP) is 2.39. The Bertz CT molecular complexity index is 446. The summed E-state index contributed by atoms with van der Waals surface area (Å²) in [6, 6.07) is -0.133. The third-order valence-corrected chi connectivity index (χ3v) is 5.02. The first-order valence-electron chi connectivity index (χ1n) is 8.91. The van der Waals surface area contributed by atoms with E-state index in [4.69, 9.17) is 0 Å². The van der Waals surface area contributed by atoms with Crippen LogP contribution >= 0.6 is 50.5 Å². The molecule has 0 aromatic rings. The number of thiol groups is 4. The van der Waals surface area contributed by atoms with Crippen LogP contribution in [0.4, 0.5) is 9.59 Å². The van der Waals surface area contributed by atoms with Gasteiger partial charge in [0.1, 0.15) is 12.3 Å². The Morgan fingerprint density at radius 2 is 0.808 bits per heavy atom. The summed E-state index contributed by atoms with van der Waals surface area (Å²) in [5.41, 5.74) is 0. The molecule has 10 heteroatoms. The van der Waals surface area contributed by atoms with Gasteiger partial charge in [-0.1, -0.05) is 27.7 Å². The summed E-state index contributed by atoms with van der Waals surface area (Å²) in [5.74, 6) is 0. The molecule has 2 rings (SSSR count). The van der Waals surface area contributed by atoms with Crippen molar-refractivity contribution in [2.75, 3.05) is 26.2 Å². The van der Waals surface area contributed by atoms with Gasteiger partial charge in [0.15, 0.2) is 0 Å². The summed E-state index contributed by atoms with van der Waals surface area (Å²) in [5, 5.41) is 0.0415. The number of carbonyl (C=O) groups excluding carboxylic acids is 2. The number of urea groups is 2. The van der Waals surface area contributed by atoms with Gasteiger partial charge in [-0.15, -0.1) is 0 Å². The van der Waals surface area contributed by atoms with Gasteiger partial charge in [-0.05, 0) is 0 Å². The first kappa shape index (κ1) is 22.2. The Kier molecular flexibility index (Phi) is 7.66. The van der Waals surface area contributed by atoms with Crippen molar-refractivity contribution < 1.29 is 9.59 Å². The second-order valence-corrected chi connectivity index (χ2v) is 10.9. The molecule has 0 aliphatic carbocycles. The van der Waals surface area contributed by atoms with Gasteiger partial charge in [0.25, 0.3) is 0 Å². The molecule has 6 nitrogen and oxygen atoms in total. The highest BCUT2D eigenvalue weighted by atomic mass is 32.1. The highest BCUT2D eigenvalue weighted by Gasteiger charge is 2.59.